The van der Waals surface area contributed by atoms with Crippen LogP contribution in [0.15, 0.2) is 29.4 Å². The molecular weight excluding hydrogens is 248 g/mol. The Kier molecular flexibility index (Phi) is 8.54. The van der Waals surface area contributed by atoms with Gasteiger partial charge in [0.05, 0.1) is 38.7 Å². The van der Waals surface area contributed by atoms with Gasteiger partial charge in [-0.1, -0.05) is 0 Å². The summed E-state index contributed by atoms with van der Waals surface area (Å²) in [6.07, 6.45) is 0. The molecule has 0 aliphatic carbocycles. The Labute approximate surface area is 113 Å². The number of methoxy groups -OCH3 is 1. The Hall–Kier alpha value is -1.50. The molecule has 0 aliphatic rings. The van der Waals surface area contributed by atoms with Crippen LogP contribution in [0.4, 0.5) is 5.69 Å². The fraction of sp³-hybridized carbons (Fsp3) is 0.538. The number of nitrogens with zero attached hydrogens (tertiary/aromatic N) is 1. The molecule has 6 nitrogen and oxygen atoms in total. The molecule has 1 rings (SSSR count). The quantitative estimate of drug-likeness (QED) is 0.494. The molecule has 0 fully saturated rings. The molecule has 0 saturated carbocycles. The Bertz CT molecular complexity index is 343. The Morgan fingerprint density at radius 1 is 0.895 bits per heavy atom. The van der Waals surface area contributed by atoms with Gasteiger partial charge in [0.15, 0.2) is 0 Å². The summed E-state index contributed by atoms with van der Waals surface area (Å²) in [6, 6.07) is 7.02. The van der Waals surface area contributed by atoms with E-state index in [1.165, 1.54) is 0 Å². The summed E-state index contributed by atoms with van der Waals surface area (Å²) in [5.41, 5.74) is 7.44. The van der Waals surface area contributed by atoms with Gasteiger partial charge in [-0.25, -0.2) is 5.53 Å². The van der Waals surface area contributed by atoms with Crippen molar-refractivity contribution in [2.24, 2.45) is 5.11 Å². The van der Waals surface area contributed by atoms with E-state index in [2.05, 4.69) is 5.11 Å². The summed E-state index contributed by atoms with van der Waals surface area (Å²) < 4.78 is 20.9. The number of ether oxygens (including phenoxy) is 4. The number of benzene rings is 1. The second kappa shape index (κ2) is 10.4. The zero-order valence-corrected chi connectivity index (χ0v) is 11.1. The highest BCUT2D eigenvalue weighted by atomic mass is 16.6. The van der Waals surface area contributed by atoms with Gasteiger partial charge in [-0.3, -0.25) is 0 Å². The largest absolute Gasteiger partial charge is 0.491 e. The Morgan fingerprint density at radius 3 is 2.05 bits per heavy atom. The highest BCUT2D eigenvalue weighted by Crippen LogP contribution is 2.17. The van der Waals surface area contributed by atoms with Gasteiger partial charge in [-0.05, 0) is 24.3 Å². The average molecular weight is 268 g/mol. The third-order valence-electron chi connectivity index (χ3n) is 2.27. The van der Waals surface area contributed by atoms with Gasteiger partial charge in [0.25, 0.3) is 0 Å². The predicted molar refractivity (Wildman–Crippen MR) is 70.3 cm³/mol. The van der Waals surface area contributed by atoms with E-state index in [1.807, 2.05) is 0 Å². The first-order valence-electron chi connectivity index (χ1n) is 6.11. The number of rotatable bonds is 11. The smallest absolute Gasteiger partial charge is 0.119 e. The standard InChI is InChI=1S/C13H20N2O4/c1-16-6-7-17-8-9-18-10-11-19-13-4-2-12(15-14)3-5-13/h2-5,14H,6-11H2,1H3. The van der Waals surface area contributed by atoms with E-state index >= 15 is 0 Å². The van der Waals surface area contributed by atoms with Gasteiger partial charge in [0, 0.05) is 7.11 Å². The minimum Gasteiger partial charge on any atom is -0.491 e. The summed E-state index contributed by atoms with van der Waals surface area (Å²) in [5, 5.41) is 3.31. The van der Waals surface area contributed by atoms with Gasteiger partial charge >= 0.3 is 0 Å². The van der Waals surface area contributed by atoms with Crippen molar-refractivity contribution in [1.29, 1.82) is 5.53 Å². The van der Waals surface area contributed by atoms with E-state index in [0.717, 1.165) is 5.75 Å². The second-order valence-corrected chi connectivity index (χ2v) is 3.67. The summed E-state index contributed by atoms with van der Waals surface area (Å²) in [6.45, 7) is 3.29. The lowest BCUT2D eigenvalue weighted by Gasteiger charge is -2.07. The Morgan fingerprint density at radius 2 is 1.47 bits per heavy atom. The van der Waals surface area contributed by atoms with Crippen molar-refractivity contribution in [3.63, 3.8) is 0 Å². The van der Waals surface area contributed by atoms with Crippen LogP contribution in [0.5, 0.6) is 5.75 Å². The number of hydrogen-bond acceptors (Lipinski definition) is 6. The third-order valence-corrected chi connectivity index (χ3v) is 2.27. The molecule has 0 radical (unpaired) electrons. The van der Waals surface area contributed by atoms with Crippen LogP contribution in [-0.4, -0.2) is 46.8 Å². The van der Waals surface area contributed by atoms with Gasteiger partial charge in [0.1, 0.15) is 12.4 Å². The first-order chi connectivity index (χ1) is 9.36. The lowest BCUT2D eigenvalue weighted by atomic mass is 10.3. The van der Waals surface area contributed by atoms with Crippen molar-refractivity contribution in [1.82, 2.24) is 0 Å². The van der Waals surface area contributed by atoms with Crippen LogP contribution in [0.3, 0.4) is 0 Å². The van der Waals surface area contributed by atoms with E-state index in [0.29, 0.717) is 45.3 Å². The van der Waals surface area contributed by atoms with Gasteiger partial charge < -0.3 is 18.9 Å². The molecule has 0 bridgehead atoms. The number of nitrogens with one attached hydrogen (secondary N) is 1. The molecule has 19 heavy (non-hydrogen) atoms. The van der Waals surface area contributed by atoms with Crippen LogP contribution in [0.25, 0.3) is 0 Å². The van der Waals surface area contributed by atoms with Crippen LogP contribution >= 0.6 is 0 Å². The van der Waals surface area contributed by atoms with E-state index in [1.54, 1.807) is 31.4 Å². The van der Waals surface area contributed by atoms with Gasteiger partial charge in [-0.15, -0.1) is 0 Å². The zero-order valence-electron chi connectivity index (χ0n) is 11.1. The van der Waals surface area contributed by atoms with Crippen molar-refractivity contribution in [3.8, 4) is 5.75 Å². The molecule has 1 aromatic carbocycles. The molecule has 6 heteroatoms. The molecular formula is C13H20N2O4. The molecule has 0 saturated heterocycles. The normalized spacial score (nSPS) is 10.4. The third kappa shape index (κ3) is 7.50. The Balaban J connectivity index is 1.96. The highest BCUT2D eigenvalue weighted by Gasteiger charge is 1.95. The van der Waals surface area contributed by atoms with Crippen LogP contribution in [-0.2, 0) is 14.2 Å². The highest BCUT2D eigenvalue weighted by molar-refractivity contribution is 5.40. The molecule has 0 unspecified atom stereocenters. The van der Waals surface area contributed by atoms with Crippen LogP contribution in [0, 0.1) is 5.53 Å². The summed E-state index contributed by atoms with van der Waals surface area (Å²) in [7, 11) is 1.64. The molecule has 0 aliphatic heterocycles. The van der Waals surface area contributed by atoms with Crippen molar-refractivity contribution in [3.05, 3.63) is 24.3 Å². The van der Waals surface area contributed by atoms with Crippen molar-refractivity contribution in [2.45, 2.75) is 0 Å². The van der Waals surface area contributed by atoms with Crippen LogP contribution in [0.2, 0.25) is 0 Å². The van der Waals surface area contributed by atoms with Crippen molar-refractivity contribution >= 4 is 5.69 Å². The fourth-order valence-electron chi connectivity index (χ4n) is 1.30. The summed E-state index contributed by atoms with van der Waals surface area (Å²) in [4.78, 5) is 0. The minimum atomic E-state index is 0.482. The lowest BCUT2D eigenvalue weighted by Crippen LogP contribution is -2.12. The second-order valence-electron chi connectivity index (χ2n) is 3.67. The molecule has 0 amide bonds. The van der Waals surface area contributed by atoms with Crippen LogP contribution < -0.4 is 4.74 Å². The SMILES string of the molecule is COCCOCCOCCOc1ccc(N=N)cc1. The first-order valence-corrected chi connectivity index (χ1v) is 6.11. The summed E-state index contributed by atoms with van der Waals surface area (Å²) >= 11 is 0. The summed E-state index contributed by atoms with van der Waals surface area (Å²) in [5.74, 6) is 0.743. The van der Waals surface area contributed by atoms with E-state index in [4.69, 9.17) is 24.5 Å². The van der Waals surface area contributed by atoms with Gasteiger partial charge in [-0.2, -0.15) is 5.11 Å². The van der Waals surface area contributed by atoms with Crippen molar-refractivity contribution < 1.29 is 18.9 Å². The molecule has 0 heterocycles. The first kappa shape index (κ1) is 15.6. The van der Waals surface area contributed by atoms with E-state index in [-0.39, 0.29) is 0 Å². The predicted octanol–water partition coefficient (Wildman–Crippen LogP) is 2.41. The molecule has 106 valence electrons. The van der Waals surface area contributed by atoms with E-state index in [9.17, 15) is 0 Å². The van der Waals surface area contributed by atoms with Crippen molar-refractivity contribution in [2.75, 3.05) is 46.8 Å². The topological polar surface area (TPSA) is 73.1 Å². The maximum absolute atomic E-state index is 6.83. The van der Waals surface area contributed by atoms with E-state index < -0.39 is 0 Å². The minimum absolute atomic E-state index is 0.482. The fourth-order valence-corrected chi connectivity index (χ4v) is 1.30. The maximum Gasteiger partial charge on any atom is 0.119 e. The monoisotopic (exact) mass is 268 g/mol. The van der Waals surface area contributed by atoms with Gasteiger partial charge in [0.2, 0.25) is 0 Å². The molecule has 0 aromatic heterocycles. The van der Waals surface area contributed by atoms with Crippen LogP contribution in [0.1, 0.15) is 0 Å². The average Bonchev–Trinajstić information content (AvgIpc) is 2.46. The number of hydrogen-bond donors (Lipinski definition) is 1. The molecule has 1 aromatic rings. The maximum atomic E-state index is 6.83. The zero-order chi connectivity index (χ0) is 13.8. The molecule has 0 spiro atoms. The molecule has 0 atom stereocenters. The lowest BCUT2D eigenvalue weighted by molar-refractivity contribution is 0.0180. The molecule has 1 N–H and O–H groups in total.